The second-order valence-electron chi connectivity index (χ2n) is 4.85. The van der Waals surface area contributed by atoms with Crippen LogP contribution < -0.4 is 15.4 Å². The Morgan fingerprint density at radius 1 is 1.35 bits per heavy atom. The van der Waals surface area contributed by atoms with Gasteiger partial charge in [0.25, 0.3) is 5.91 Å². The van der Waals surface area contributed by atoms with Crippen LogP contribution in [0.5, 0.6) is 5.75 Å². The Kier molecular flexibility index (Phi) is 5.39. The van der Waals surface area contributed by atoms with E-state index in [1.54, 1.807) is 0 Å². The molecule has 20 heavy (non-hydrogen) atoms. The van der Waals surface area contributed by atoms with E-state index in [2.05, 4.69) is 10.6 Å². The number of nitrogens with one attached hydrogen (secondary N) is 2. The molecule has 1 saturated carbocycles. The first-order valence-electron chi connectivity index (χ1n) is 6.86. The maximum Gasteiger partial charge on any atom is 0.257 e. The predicted octanol–water partition coefficient (Wildman–Crippen LogP) is 1.35. The average Bonchev–Trinajstić information content (AvgIpc) is 3.28. The van der Waals surface area contributed by atoms with Gasteiger partial charge in [0, 0.05) is 19.1 Å². The lowest BCUT2D eigenvalue weighted by atomic mass is 10.2. The maximum absolute atomic E-state index is 11.4. The van der Waals surface area contributed by atoms with Gasteiger partial charge in [-0.25, -0.2) is 0 Å². The predicted molar refractivity (Wildman–Crippen MR) is 75.0 cm³/mol. The van der Waals surface area contributed by atoms with E-state index in [0.29, 0.717) is 24.8 Å². The van der Waals surface area contributed by atoms with E-state index < -0.39 is 0 Å². The largest absolute Gasteiger partial charge is 0.484 e. The number of ether oxygens (including phenoxy) is 1. The summed E-state index contributed by atoms with van der Waals surface area (Å²) in [5.74, 6) is 0.468. The fourth-order valence-corrected chi connectivity index (χ4v) is 1.71. The number of nitriles is 1. The van der Waals surface area contributed by atoms with Gasteiger partial charge >= 0.3 is 0 Å². The zero-order valence-corrected chi connectivity index (χ0v) is 11.4. The van der Waals surface area contributed by atoms with Crippen molar-refractivity contribution in [2.45, 2.75) is 31.8 Å². The van der Waals surface area contributed by atoms with E-state index in [9.17, 15) is 4.79 Å². The summed E-state index contributed by atoms with van der Waals surface area (Å²) in [5.41, 5.74) is 1.21. The van der Waals surface area contributed by atoms with Crippen LogP contribution in [0.4, 0.5) is 0 Å². The van der Waals surface area contributed by atoms with Crippen LogP contribution in [-0.4, -0.2) is 25.1 Å². The molecule has 1 fully saturated rings. The smallest absolute Gasteiger partial charge is 0.257 e. The zero-order valence-electron chi connectivity index (χ0n) is 11.4. The highest BCUT2D eigenvalue weighted by Crippen LogP contribution is 2.19. The SMILES string of the molecule is N#CCCNC(=O)COc1ccc(CNC2CC2)cc1. The lowest BCUT2D eigenvalue weighted by Crippen LogP contribution is -2.29. The van der Waals surface area contributed by atoms with Crippen molar-refractivity contribution in [2.24, 2.45) is 0 Å². The number of amides is 1. The molecule has 5 nitrogen and oxygen atoms in total. The molecule has 1 aromatic carbocycles. The highest BCUT2D eigenvalue weighted by molar-refractivity contribution is 5.77. The molecule has 0 aromatic heterocycles. The van der Waals surface area contributed by atoms with Crippen LogP contribution >= 0.6 is 0 Å². The molecular weight excluding hydrogens is 254 g/mol. The second-order valence-corrected chi connectivity index (χ2v) is 4.85. The number of carbonyl (C=O) groups excluding carboxylic acids is 1. The monoisotopic (exact) mass is 273 g/mol. The van der Waals surface area contributed by atoms with E-state index in [0.717, 1.165) is 6.54 Å². The van der Waals surface area contributed by atoms with Gasteiger partial charge in [-0.05, 0) is 30.5 Å². The van der Waals surface area contributed by atoms with Gasteiger partial charge in [0.1, 0.15) is 5.75 Å². The topological polar surface area (TPSA) is 74.2 Å². The van der Waals surface area contributed by atoms with Crippen molar-refractivity contribution < 1.29 is 9.53 Å². The van der Waals surface area contributed by atoms with Gasteiger partial charge in [-0.15, -0.1) is 0 Å². The summed E-state index contributed by atoms with van der Waals surface area (Å²) < 4.78 is 5.38. The fraction of sp³-hybridized carbons (Fsp3) is 0.467. The van der Waals surface area contributed by atoms with Crippen molar-refractivity contribution in [1.82, 2.24) is 10.6 Å². The Hall–Kier alpha value is -2.06. The van der Waals surface area contributed by atoms with E-state index in [-0.39, 0.29) is 12.5 Å². The molecule has 0 radical (unpaired) electrons. The van der Waals surface area contributed by atoms with E-state index in [1.165, 1.54) is 18.4 Å². The summed E-state index contributed by atoms with van der Waals surface area (Å²) in [4.78, 5) is 11.4. The third kappa shape index (κ3) is 5.29. The molecule has 1 aliphatic carbocycles. The third-order valence-electron chi connectivity index (χ3n) is 3.02. The molecule has 0 aliphatic heterocycles. The Labute approximate surface area is 118 Å². The first-order chi connectivity index (χ1) is 9.78. The summed E-state index contributed by atoms with van der Waals surface area (Å²) in [5, 5.41) is 14.4. The van der Waals surface area contributed by atoms with Crippen molar-refractivity contribution in [2.75, 3.05) is 13.2 Å². The molecule has 2 rings (SSSR count). The normalized spacial score (nSPS) is 13.6. The summed E-state index contributed by atoms with van der Waals surface area (Å²) in [7, 11) is 0. The lowest BCUT2D eigenvalue weighted by Gasteiger charge is -2.08. The molecule has 0 saturated heterocycles. The van der Waals surface area contributed by atoms with Crippen LogP contribution in [0, 0.1) is 11.3 Å². The zero-order chi connectivity index (χ0) is 14.2. The summed E-state index contributed by atoms with van der Waals surface area (Å²) >= 11 is 0. The van der Waals surface area contributed by atoms with Crippen molar-refractivity contribution in [3.8, 4) is 11.8 Å². The van der Waals surface area contributed by atoms with Gasteiger partial charge in [0.15, 0.2) is 6.61 Å². The molecule has 2 N–H and O–H groups in total. The van der Waals surface area contributed by atoms with Gasteiger partial charge in [0.05, 0.1) is 12.5 Å². The second kappa shape index (κ2) is 7.51. The van der Waals surface area contributed by atoms with Gasteiger partial charge in [-0.2, -0.15) is 5.26 Å². The van der Waals surface area contributed by atoms with E-state index in [1.807, 2.05) is 30.3 Å². The molecule has 0 atom stereocenters. The quantitative estimate of drug-likeness (QED) is 0.701. The molecule has 0 bridgehead atoms. The standard InChI is InChI=1S/C15H19N3O2/c16-8-1-9-17-15(19)11-20-14-6-2-12(3-7-14)10-18-13-4-5-13/h2-3,6-7,13,18H,1,4-5,9-11H2,(H,17,19). The van der Waals surface area contributed by atoms with Crippen LogP contribution in [0.15, 0.2) is 24.3 Å². The molecule has 1 aliphatic rings. The Morgan fingerprint density at radius 3 is 2.75 bits per heavy atom. The van der Waals surface area contributed by atoms with Crippen LogP contribution in [0.1, 0.15) is 24.8 Å². The number of rotatable bonds is 8. The minimum Gasteiger partial charge on any atom is -0.484 e. The molecule has 0 spiro atoms. The number of nitrogens with zero attached hydrogens (tertiary/aromatic N) is 1. The molecule has 5 heteroatoms. The van der Waals surface area contributed by atoms with Crippen LogP contribution in [-0.2, 0) is 11.3 Å². The molecule has 106 valence electrons. The summed E-state index contributed by atoms with van der Waals surface area (Å²) in [6, 6.07) is 10.4. The minimum absolute atomic E-state index is 0.0227. The van der Waals surface area contributed by atoms with E-state index in [4.69, 9.17) is 10.00 Å². The van der Waals surface area contributed by atoms with Crippen LogP contribution in [0.25, 0.3) is 0 Å². The van der Waals surface area contributed by atoms with Crippen molar-refractivity contribution in [3.05, 3.63) is 29.8 Å². The summed E-state index contributed by atoms with van der Waals surface area (Å²) in [6.45, 7) is 1.22. The number of hydrogen-bond donors (Lipinski definition) is 2. The molecule has 0 heterocycles. The van der Waals surface area contributed by atoms with Gasteiger partial charge in [0.2, 0.25) is 0 Å². The Bertz CT molecular complexity index is 475. The van der Waals surface area contributed by atoms with E-state index >= 15 is 0 Å². The van der Waals surface area contributed by atoms with Gasteiger partial charge in [-0.1, -0.05) is 12.1 Å². The van der Waals surface area contributed by atoms with Gasteiger partial charge in [-0.3, -0.25) is 4.79 Å². The Morgan fingerprint density at radius 2 is 2.10 bits per heavy atom. The van der Waals surface area contributed by atoms with Crippen molar-refractivity contribution in [1.29, 1.82) is 5.26 Å². The number of carbonyl (C=O) groups is 1. The van der Waals surface area contributed by atoms with Crippen LogP contribution in [0.2, 0.25) is 0 Å². The maximum atomic E-state index is 11.4. The molecule has 0 unspecified atom stereocenters. The first kappa shape index (κ1) is 14.4. The van der Waals surface area contributed by atoms with Crippen molar-refractivity contribution >= 4 is 5.91 Å². The number of benzene rings is 1. The highest BCUT2D eigenvalue weighted by Gasteiger charge is 2.19. The average molecular weight is 273 g/mol. The summed E-state index contributed by atoms with van der Waals surface area (Å²) in [6.07, 6.45) is 2.87. The Balaban J connectivity index is 1.67. The molecule has 1 amide bonds. The number of hydrogen-bond acceptors (Lipinski definition) is 4. The highest BCUT2D eigenvalue weighted by atomic mass is 16.5. The van der Waals surface area contributed by atoms with Crippen molar-refractivity contribution in [3.63, 3.8) is 0 Å². The first-order valence-corrected chi connectivity index (χ1v) is 6.86. The minimum atomic E-state index is -0.209. The van der Waals surface area contributed by atoms with Crippen LogP contribution in [0.3, 0.4) is 0 Å². The van der Waals surface area contributed by atoms with Gasteiger partial charge < -0.3 is 15.4 Å². The molecular formula is C15H19N3O2. The third-order valence-corrected chi connectivity index (χ3v) is 3.02. The fourth-order valence-electron chi connectivity index (χ4n) is 1.71. The lowest BCUT2D eigenvalue weighted by molar-refractivity contribution is -0.123. The molecule has 1 aromatic rings.